The Labute approximate surface area is 134 Å². The second-order valence-electron chi connectivity index (χ2n) is 5.28. The lowest BCUT2D eigenvalue weighted by atomic mass is 10.1. The van der Waals surface area contributed by atoms with Crippen molar-refractivity contribution < 1.29 is 14.3 Å². The molecule has 0 saturated carbocycles. The number of rotatable bonds is 7. The van der Waals surface area contributed by atoms with Gasteiger partial charge in [0.15, 0.2) is 0 Å². The maximum Gasteiger partial charge on any atom is 0.222 e. The predicted octanol–water partition coefficient (Wildman–Crippen LogP) is 0.764. The average Bonchev–Trinajstić information content (AvgIpc) is 3.01. The number of ether oxygens (including phenoxy) is 1. The van der Waals surface area contributed by atoms with E-state index in [0.717, 1.165) is 37.7 Å². The Balaban J connectivity index is 1.74. The first-order valence-corrected chi connectivity index (χ1v) is 8.40. The second-order valence-corrected chi connectivity index (χ2v) is 6.26. The molecule has 0 aliphatic carbocycles. The van der Waals surface area contributed by atoms with Crippen LogP contribution in [0.5, 0.6) is 0 Å². The van der Waals surface area contributed by atoms with Crippen molar-refractivity contribution in [1.82, 2.24) is 15.5 Å². The Hall–Kier alpha value is -1.44. The third kappa shape index (κ3) is 5.75. The number of nitrogens with zero attached hydrogens (tertiary/aromatic N) is 1. The van der Waals surface area contributed by atoms with E-state index in [1.165, 1.54) is 6.92 Å². The Kier molecular flexibility index (Phi) is 6.82. The van der Waals surface area contributed by atoms with Gasteiger partial charge in [-0.1, -0.05) is 6.07 Å². The van der Waals surface area contributed by atoms with E-state index in [0.29, 0.717) is 6.54 Å². The highest BCUT2D eigenvalue weighted by molar-refractivity contribution is 7.10. The molecule has 1 aliphatic heterocycles. The molecule has 1 aromatic rings. The summed E-state index contributed by atoms with van der Waals surface area (Å²) in [7, 11) is 0. The zero-order valence-electron chi connectivity index (χ0n) is 12.8. The van der Waals surface area contributed by atoms with Gasteiger partial charge in [-0.25, -0.2) is 0 Å². The molecule has 0 radical (unpaired) electrons. The molecule has 0 bridgehead atoms. The standard InChI is InChI=1S/C15H23N3O3S/c1-12(19)17-13(14-3-2-10-22-14)11-15(20)16-4-5-18-6-8-21-9-7-18/h2-3,10,13H,4-9,11H2,1H3,(H,16,20)(H,17,19)/t13-/m1/s1. The Bertz CT molecular complexity index is 472. The van der Waals surface area contributed by atoms with Crippen LogP contribution in [-0.2, 0) is 14.3 Å². The molecule has 1 fully saturated rings. The van der Waals surface area contributed by atoms with Crippen molar-refractivity contribution in [2.24, 2.45) is 0 Å². The summed E-state index contributed by atoms with van der Waals surface area (Å²) in [4.78, 5) is 26.6. The number of amides is 2. The fourth-order valence-electron chi connectivity index (χ4n) is 2.39. The molecule has 7 heteroatoms. The summed E-state index contributed by atoms with van der Waals surface area (Å²) in [5.74, 6) is -0.167. The van der Waals surface area contributed by atoms with Crippen LogP contribution in [0.3, 0.4) is 0 Å². The van der Waals surface area contributed by atoms with E-state index in [4.69, 9.17) is 4.74 Å². The minimum atomic E-state index is -0.249. The third-order valence-corrected chi connectivity index (χ3v) is 4.49. The smallest absolute Gasteiger partial charge is 0.222 e. The molecule has 1 aromatic heterocycles. The van der Waals surface area contributed by atoms with Crippen molar-refractivity contribution in [3.05, 3.63) is 22.4 Å². The van der Waals surface area contributed by atoms with Crippen molar-refractivity contribution in [3.8, 4) is 0 Å². The molecule has 2 rings (SSSR count). The molecule has 2 heterocycles. The molecular weight excluding hydrogens is 302 g/mol. The normalized spacial score (nSPS) is 17.0. The van der Waals surface area contributed by atoms with Gasteiger partial charge >= 0.3 is 0 Å². The van der Waals surface area contributed by atoms with E-state index >= 15 is 0 Å². The number of hydrogen-bond acceptors (Lipinski definition) is 5. The van der Waals surface area contributed by atoms with Crippen LogP contribution in [0.25, 0.3) is 0 Å². The van der Waals surface area contributed by atoms with Crippen molar-refractivity contribution in [1.29, 1.82) is 0 Å². The molecule has 1 aliphatic rings. The maximum atomic E-state index is 12.1. The van der Waals surface area contributed by atoms with Crippen LogP contribution in [-0.4, -0.2) is 56.1 Å². The maximum absolute atomic E-state index is 12.1. The Morgan fingerprint density at radius 3 is 2.82 bits per heavy atom. The summed E-state index contributed by atoms with van der Waals surface area (Å²) in [6.45, 7) is 6.28. The monoisotopic (exact) mass is 325 g/mol. The van der Waals surface area contributed by atoms with E-state index in [1.807, 2.05) is 17.5 Å². The molecule has 122 valence electrons. The van der Waals surface area contributed by atoms with Gasteiger partial charge in [0.05, 0.1) is 25.7 Å². The summed E-state index contributed by atoms with van der Waals surface area (Å²) >= 11 is 1.54. The minimum absolute atomic E-state index is 0.0413. The van der Waals surface area contributed by atoms with Gasteiger partial charge in [0, 0.05) is 38.0 Å². The molecule has 6 nitrogen and oxygen atoms in total. The number of carbonyl (C=O) groups excluding carboxylic acids is 2. The molecule has 1 atom stereocenters. The molecule has 22 heavy (non-hydrogen) atoms. The van der Waals surface area contributed by atoms with Crippen molar-refractivity contribution >= 4 is 23.2 Å². The van der Waals surface area contributed by atoms with Gasteiger partial charge in [0.2, 0.25) is 11.8 Å². The van der Waals surface area contributed by atoms with Crippen molar-refractivity contribution in [3.63, 3.8) is 0 Å². The number of thiophene rings is 1. The van der Waals surface area contributed by atoms with E-state index in [2.05, 4.69) is 15.5 Å². The molecule has 2 N–H and O–H groups in total. The number of hydrogen-bond donors (Lipinski definition) is 2. The first-order valence-electron chi connectivity index (χ1n) is 7.52. The largest absolute Gasteiger partial charge is 0.379 e. The van der Waals surface area contributed by atoms with E-state index in [1.54, 1.807) is 11.3 Å². The van der Waals surface area contributed by atoms with Crippen LogP contribution in [0.4, 0.5) is 0 Å². The topological polar surface area (TPSA) is 70.7 Å². The van der Waals surface area contributed by atoms with Gasteiger partial charge in [0.25, 0.3) is 0 Å². The minimum Gasteiger partial charge on any atom is -0.379 e. The highest BCUT2D eigenvalue weighted by Crippen LogP contribution is 2.21. The van der Waals surface area contributed by atoms with E-state index in [-0.39, 0.29) is 24.3 Å². The van der Waals surface area contributed by atoms with Gasteiger partial charge in [-0.15, -0.1) is 11.3 Å². The number of carbonyl (C=O) groups is 2. The van der Waals surface area contributed by atoms with Gasteiger partial charge < -0.3 is 15.4 Å². The van der Waals surface area contributed by atoms with Gasteiger partial charge in [0.1, 0.15) is 0 Å². The van der Waals surface area contributed by atoms with Crippen LogP contribution in [0.2, 0.25) is 0 Å². The highest BCUT2D eigenvalue weighted by atomic mass is 32.1. The first-order chi connectivity index (χ1) is 10.6. The quantitative estimate of drug-likeness (QED) is 0.777. The van der Waals surface area contributed by atoms with Gasteiger partial charge in [-0.2, -0.15) is 0 Å². The van der Waals surface area contributed by atoms with Crippen LogP contribution < -0.4 is 10.6 Å². The summed E-state index contributed by atoms with van der Waals surface area (Å²) in [5, 5.41) is 7.71. The molecule has 1 saturated heterocycles. The molecule has 0 aromatic carbocycles. The fraction of sp³-hybridized carbons (Fsp3) is 0.600. The van der Waals surface area contributed by atoms with E-state index < -0.39 is 0 Å². The van der Waals surface area contributed by atoms with E-state index in [9.17, 15) is 9.59 Å². The summed E-state index contributed by atoms with van der Waals surface area (Å²) < 4.78 is 5.29. The Morgan fingerprint density at radius 2 is 2.18 bits per heavy atom. The van der Waals surface area contributed by atoms with Crippen LogP contribution in [0.15, 0.2) is 17.5 Å². The second kappa shape index (κ2) is 8.87. The SMILES string of the molecule is CC(=O)N[C@H](CC(=O)NCCN1CCOCC1)c1cccs1. The number of morpholine rings is 1. The molecule has 2 amide bonds. The lowest BCUT2D eigenvalue weighted by molar-refractivity contribution is -0.122. The lowest BCUT2D eigenvalue weighted by Crippen LogP contribution is -2.41. The average molecular weight is 325 g/mol. The highest BCUT2D eigenvalue weighted by Gasteiger charge is 2.18. The Morgan fingerprint density at radius 1 is 1.41 bits per heavy atom. The summed E-state index contributed by atoms with van der Waals surface area (Å²) in [6.07, 6.45) is 0.267. The zero-order chi connectivity index (χ0) is 15.8. The molecule has 0 spiro atoms. The molecular formula is C15H23N3O3S. The first kappa shape index (κ1) is 16.9. The fourth-order valence-corrected chi connectivity index (χ4v) is 3.17. The zero-order valence-corrected chi connectivity index (χ0v) is 13.7. The van der Waals surface area contributed by atoms with Crippen LogP contribution >= 0.6 is 11.3 Å². The lowest BCUT2D eigenvalue weighted by Gasteiger charge is -2.26. The predicted molar refractivity (Wildman–Crippen MR) is 85.8 cm³/mol. The summed E-state index contributed by atoms with van der Waals surface area (Å²) in [5.41, 5.74) is 0. The molecule has 0 unspecified atom stereocenters. The van der Waals surface area contributed by atoms with Gasteiger partial charge in [-0.05, 0) is 11.4 Å². The number of nitrogens with one attached hydrogen (secondary N) is 2. The van der Waals surface area contributed by atoms with Crippen molar-refractivity contribution in [2.45, 2.75) is 19.4 Å². The van der Waals surface area contributed by atoms with Crippen molar-refractivity contribution in [2.75, 3.05) is 39.4 Å². The van der Waals surface area contributed by atoms with Crippen LogP contribution in [0, 0.1) is 0 Å². The van der Waals surface area contributed by atoms with Crippen LogP contribution in [0.1, 0.15) is 24.3 Å². The summed E-state index contributed by atoms with van der Waals surface area (Å²) in [6, 6.07) is 3.61. The van der Waals surface area contributed by atoms with Gasteiger partial charge in [-0.3, -0.25) is 14.5 Å². The third-order valence-electron chi connectivity index (χ3n) is 3.51.